The van der Waals surface area contributed by atoms with Crippen LogP contribution in [0.25, 0.3) is 0 Å². The van der Waals surface area contributed by atoms with Gasteiger partial charge in [-0.2, -0.15) is 0 Å². The number of nitrogens with two attached hydrogens (primary N) is 2. The molecule has 0 saturated heterocycles. The number of terminal acetylenes is 1. The molecule has 0 amide bonds. The number of hydrogen-bond acceptors (Lipinski definition) is 2. The first kappa shape index (κ1) is 10.1. The fourth-order valence-corrected chi connectivity index (χ4v) is 0. The van der Waals surface area contributed by atoms with Gasteiger partial charge in [-0.25, -0.2) is 0 Å². The molecule has 4 N–H and O–H groups in total. The molecule has 0 spiro atoms. The van der Waals surface area contributed by atoms with Crippen molar-refractivity contribution in [2.24, 2.45) is 11.5 Å². The molecule has 2 nitrogen and oxygen atoms in total. The van der Waals surface area contributed by atoms with Crippen molar-refractivity contribution in [3.63, 3.8) is 0 Å². The van der Waals surface area contributed by atoms with Crippen LogP contribution >= 0.6 is 0 Å². The fourth-order valence-electron chi connectivity index (χ4n) is 0. The summed E-state index contributed by atoms with van der Waals surface area (Å²) in [5.74, 6) is 0. The van der Waals surface area contributed by atoms with Gasteiger partial charge in [-0.1, -0.05) is 0 Å². The van der Waals surface area contributed by atoms with Gasteiger partial charge in [-0.15, -0.1) is 12.8 Å². The van der Waals surface area contributed by atoms with E-state index in [1.807, 2.05) is 17.7 Å². The van der Waals surface area contributed by atoms with Crippen LogP contribution in [0.2, 0.25) is 0 Å². The van der Waals surface area contributed by atoms with Crippen LogP contribution in [-0.2, 0) is 0 Å². The van der Waals surface area contributed by atoms with Gasteiger partial charge in [0.1, 0.15) is 0 Å². The Morgan fingerprint density at radius 2 is 1.71 bits per heavy atom. The fraction of sp³-hybridized carbons (Fsp3) is 0.500. The maximum absolute atomic E-state index is 5.17. The Kier molecular flexibility index (Phi) is 13.7. The summed E-state index contributed by atoms with van der Waals surface area (Å²) in [6.45, 7) is 0.583. The van der Waals surface area contributed by atoms with Crippen LogP contribution in [0.1, 0.15) is 0 Å². The molecule has 0 aliphatic heterocycles. The average Bonchev–Trinajstić information content (AvgIpc) is 1.73. The zero-order valence-electron chi connectivity index (χ0n) is 4.59. The van der Waals surface area contributed by atoms with Crippen molar-refractivity contribution in [3.05, 3.63) is 0 Å². The summed E-state index contributed by atoms with van der Waals surface area (Å²) in [5.41, 5.74) is 10.2. The molecule has 0 bridgehead atoms. The van der Waals surface area contributed by atoms with Crippen molar-refractivity contribution in [3.8, 4) is 12.8 Å². The van der Waals surface area contributed by atoms with Gasteiger partial charge in [0.2, 0.25) is 0 Å². The van der Waals surface area contributed by atoms with E-state index in [1.165, 1.54) is 0 Å². The Labute approximate surface area is 53.8 Å². The minimum absolute atomic E-state index is 0.162. The van der Waals surface area contributed by atoms with E-state index in [2.05, 4.69) is 12.8 Å². The topological polar surface area (TPSA) is 52.0 Å². The van der Waals surface area contributed by atoms with E-state index in [0.717, 1.165) is 0 Å². The van der Waals surface area contributed by atoms with Crippen molar-refractivity contribution in [2.75, 3.05) is 6.54 Å². The molecule has 0 saturated carbocycles. The zero-order valence-corrected chi connectivity index (χ0v) is 4.59. The van der Waals surface area contributed by atoms with Gasteiger partial charge in [0.15, 0.2) is 0 Å². The SMILES string of the molecule is C#C.[Li][CH](N)CN. The third-order valence-corrected chi connectivity index (χ3v) is 0.372. The van der Waals surface area contributed by atoms with Crippen LogP contribution in [0.4, 0.5) is 0 Å². The summed E-state index contributed by atoms with van der Waals surface area (Å²) in [4.78, 5) is 0. The molecular formula is C4H9LiN2. The second-order valence-corrected chi connectivity index (χ2v) is 1.21. The van der Waals surface area contributed by atoms with Gasteiger partial charge in [0, 0.05) is 0 Å². The summed E-state index contributed by atoms with van der Waals surface area (Å²) in [6.07, 6.45) is 8.00. The van der Waals surface area contributed by atoms with Crippen molar-refractivity contribution < 1.29 is 0 Å². The normalized spacial score (nSPS) is 11.1. The van der Waals surface area contributed by atoms with E-state index in [4.69, 9.17) is 11.5 Å². The number of rotatable bonds is 1. The Morgan fingerprint density at radius 1 is 1.57 bits per heavy atom. The molecule has 0 aromatic heterocycles. The van der Waals surface area contributed by atoms with Crippen molar-refractivity contribution >= 4 is 17.7 Å². The predicted molar refractivity (Wildman–Crippen MR) is 32.7 cm³/mol. The standard InChI is InChI=1S/C2H7N2.C2H2.Li/c3-1-2-4;1-2;/h1H,2-4H2;1-2H;. The van der Waals surface area contributed by atoms with E-state index in [-0.39, 0.29) is 4.71 Å². The Morgan fingerprint density at radius 3 is 1.71 bits per heavy atom. The third kappa shape index (κ3) is 23.4. The van der Waals surface area contributed by atoms with Gasteiger partial charge in [-0.05, 0) is 0 Å². The molecule has 0 aromatic carbocycles. The van der Waals surface area contributed by atoms with Crippen molar-refractivity contribution in [1.29, 1.82) is 0 Å². The Hall–Kier alpha value is 0.0774. The molecule has 0 rings (SSSR count). The van der Waals surface area contributed by atoms with Gasteiger partial charge in [0.05, 0.1) is 0 Å². The quantitative estimate of drug-likeness (QED) is 0.310. The molecule has 0 fully saturated rings. The van der Waals surface area contributed by atoms with Gasteiger partial charge in [-0.3, -0.25) is 0 Å². The first-order chi connectivity index (χ1) is 3.27. The van der Waals surface area contributed by atoms with E-state index < -0.39 is 0 Å². The molecule has 3 heteroatoms. The van der Waals surface area contributed by atoms with Crippen LogP contribution in [0.5, 0.6) is 0 Å². The van der Waals surface area contributed by atoms with Crippen LogP contribution in [0.15, 0.2) is 0 Å². The van der Waals surface area contributed by atoms with Gasteiger partial charge in [0.25, 0.3) is 0 Å². The number of hydrogen-bond donors (Lipinski definition) is 2. The second-order valence-electron chi connectivity index (χ2n) is 1.21. The Bertz CT molecular complexity index is 42.2. The molecule has 0 aromatic rings. The van der Waals surface area contributed by atoms with Crippen LogP contribution < -0.4 is 11.5 Å². The molecule has 0 heterocycles. The summed E-state index contributed by atoms with van der Waals surface area (Å²) < 4.78 is 0.162. The summed E-state index contributed by atoms with van der Waals surface area (Å²) in [6, 6.07) is 0. The third-order valence-electron chi connectivity index (χ3n) is 0.372. The van der Waals surface area contributed by atoms with Gasteiger partial charge >= 0.3 is 40.4 Å². The molecule has 0 aliphatic carbocycles. The zero-order chi connectivity index (χ0) is 6.28. The van der Waals surface area contributed by atoms with Crippen molar-refractivity contribution in [1.82, 2.24) is 0 Å². The molecule has 7 heavy (non-hydrogen) atoms. The Balaban J connectivity index is 0. The predicted octanol–water partition coefficient (Wildman–Crippen LogP) is -1.35. The molecule has 0 radical (unpaired) electrons. The molecule has 1 atom stereocenters. The maximum atomic E-state index is 5.17. The van der Waals surface area contributed by atoms with E-state index in [1.54, 1.807) is 0 Å². The molecular weight excluding hydrogens is 83.0 g/mol. The molecule has 1 unspecified atom stereocenters. The first-order valence-corrected chi connectivity index (χ1v) is 2.06. The molecule has 36 valence electrons. The van der Waals surface area contributed by atoms with Gasteiger partial charge < -0.3 is 0 Å². The summed E-state index contributed by atoms with van der Waals surface area (Å²) in [5, 5.41) is 0. The second kappa shape index (κ2) is 9.42. The van der Waals surface area contributed by atoms with E-state index in [0.29, 0.717) is 6.54 Å². The van der Waals surface area contributed by atoms with Crippen LogP contribution in [0.3, 0.4) is 0 Å². The van der Waals surface area contributed by atoms with Crippen LogP contribution in [0, 0.1) is 12.8 Å². The van der Waals surface area contributed by atoms with E-state index >= 15 is 0 Å². The first-order valence-electron chi connectivity index (χ1n) is 2.06. The monoisotopic (exact) mass is 92.1 g/mol. The average molecular weight is 92.1 g/mol. The molecule has 0 aliphatic rings. The van der Waals surface area contributed by atoms with Crippen molar-refractivity contribution in [2.45, 2.75) is 4.71 Å². The van der Waals surface area contributed by atoms with E-state index in [9.17, 15) is 0 Å². The van der Waals surface area contributed by atoms with Crippen LogP contribution in [-0.4, -0.2) is 29.0 Å². The summed E-state index contributed by atoms with van der Waals surface area (Å²) >= 11 is 1.88. The minimum atomic E-state index is 0.162. The summed E-state index contributed by atoms with van der Waals surface area (Å²) in [7, 11) is 0.